The van der Waals surface area contributed by atoms with Crippen molar-refractivity contribution in [1.29, 1.82) is 0 Å². The Bertz CT molecular complexity index is 1000. The molecule has 0 saturated carbocycles. The maximum atomic E-state index is 11.0. The van der Waals surface area contributed by atoms with Crippen molar-refractivity contribution in [2.75, 3.05) is 21.3 Å². The summed E-state index contributed by atoms with van der Waals surface area (Å²) in [5.74, 6) is 1.51. The Labute approximate surface area is 183 Å². The van der Waals surface area contributed by atoms with Crippen molar-refractivity contribution in [2.45, 2.75) is 25.7 Å². The lowest BCUT2D eigenvalue weighted by atomic mass is 9.98. The summed E-state index contributed by atoms with van der Waals surface area (Å²) >= 11 is 0. The SMILES string of the molecule is COc1cc(CCc2ccc(C(=O)O)cc2)cc(CCc2cc(OC)cc(OC)c2)c1. The number of ether oxygens (including phenoxy) is 3. The van der Waals surface area contributed by atoms with Crippen LogP contribution in [0, 0.1) is 0 Å². The van der Waals surface area contributed by atoms with Crippen LogP contribution in [0.2, 0.25) is 0 Å². The number of carboxylic acids is 1. The number of hydrogen-bond acceptors (Lipinski definition) is 4. The van der Waals surface area contributed by atoms with E-state index in [1.807, 2.05) is 30.3 Å². The molecule has 0 aliphatic carbocycles. The van der Waals surface area contributed by atoms with E-state index in [2.05, 4.69) is 18.2 Å². The van der Waals surface area contributed by atoms with E-state index in [1.165, 1.54) is 11.1 Å². The normalized spacial score (nSPS) is 10.5. The number of benzene rings is 3. The average molecular weight is 421 g/mol. The van der Waals surface area contributed by atoms with E-state index in [4.69, 9.17) is 19.3 Å². The first-order valence-electron chi connectivity index (χ1n) is 10.2. The number of rotatable bonds is 10. The first kappa shape index (κ1) is 22.2. The van der Waals surface area contributed by atoms with Gasteiger partial charge in [-0.2, -0.15) is 0 Å². The molecular formula is C26H28O5. The lowest BCUT2D eigenvalue weighted by Crippen LogP contribution is -1.99. The number of carbonyl (C=O) groups is 1. The van der Waals surface area contributed by atoms with Crippen LogP contribution >= 0.6 is 0 Å². The highest BCUT2D eigenvalue weighted by molar-refractivity contribution is 5.87. The van der Waals surface area contributed by atoms with Crippen LogP contribution in [0.1, 0.15) is 32.6 Å². The zero-order valence-electron chi connectivity index (χ0n) is 18.2. The number of aryl methyl sites for hydroxylation is 4. The van der Waals surface area contributed by atoms with E-state index in [9.17, 15) is 4.79 Å². The quantitative estimate of drug-likeness (QED) is 0.501. The van der Waals surface area contributed by atoms with Gasteiger partial charge < -0.3 is 19.3 Å². The van der Waals surface area contributed by atoms with Crippen LogP contribution in [0.5, 0.6) is 17.2 Å². The Morgan fingerprint density at radius 1 is 0.613 bits per heavy atom. The molecule has 162 valence electrons. The smallest absolute Gasteiger partial charge is 0.335 e. The van der Waals surface area contributed by atoms with Gasteiger partial charge >= 0.3 is 5.97 Å². The van der Waals surface area contributed by atoms with Crippen LogP contribution in [0.15, 0.2) is 60.7 Å². The molecule has 0 aromatic heterocycles. The molecule has 0 fully saturated rings. The molecule has 1 N–H and O–H groups in total. The largest absolute Gasteiger partial charge is 0.497 e. The van der Waals surface area contributed by atoms with E-state index in [0.29, 0.717) is 5.56 Å². The van der Waals surface area contributed by atoms with Crippen molar-refractivity contribution < 1.29 is 24.1 Å². The summed E-state index contributed by atoms with van der Waals surface area (Å²) < 4.78 is 16.2. The molecule has 5 heteroatoms. The fourth-order valence-electron chi connectivity index (χ4n) is 3.54. The summed E-state index contributed by atoms with van der Waals surface area (Å²) in [6.45, 7) is 0. The van der Waals surface area contributed by atoms with Gasteiger partial charge in [0.15, 0.2) is 0 Å². The monoisotopic (exact) mass is 420 g/mol. The number of carboxylic acid groups (broad SMARTS) is 1. The molecule has 0 aliphatic heterocycles. The van der Waals surface area contributed by atoms with E-state index in [0.717, 1.165) is 54.1 Å². The predicted molar refractivity (Wildman–Crippen MR) is 121 cm³/mol. The fourth-order valence-corrected chi connectivity index (χ4v) is 3.54. The van der Waals surface area contributed by atoms with Crippen LogP contribution in [0.3, 0.4) is 0 Å². The van der Waals surface area contributed by atoms with Crippen molar-refractivity contribution in [3.8, 4) is 17.2 Å². The first-order valence-corrected chi connectivity index (χ1v) is 10.2. The minimum absolute atomic E-state index is 0.307. The Morgan fingerprint density at radius 3 is 1.42 bits per heavy atom. The summed E-state index contributed by atoms with van der Waals surface area (Å²) in [5, 5.41) is 9.04. The second-order valence-electron chi connectivity index (χ2n) is 7.41. The molecule has 3 aromatic rings. The van der Waals surface area contributed by atoms with Gasteiger partial charge in [-0.1, -0.05) is 18.2 Å². The Morgan fingerprint density at radius 2 is 1.00 bits per heavy atom. The molecule has 0 radical (unpaired) electrons. The Balaban J connectivity index is 1.69. The third kappa shape index (κ3) is 6.25. The van der Waals surface area contributed by atoms with Crippen LogP contribution in [0.25, 0.3) is 0 Å². The molecule has 31 heavy (non-hydrogen) atoms. The summed E-state index contributed by atoms with van der Waals surface area (Å²) in [4.78, 5) is 11.0. The standard InChI is InChI=1S/C26H28O5/c1-29-23-13-19(5-4-18-8-10-22(11-9-18)26(27)28)12-20(14-23)6-7-21-15-24(30-2)17-25(16-21)31-3/h8-17H,4-7H2,1-3H3,(H,27,28). The number of aromatic carboxylic acids is 1. The fraction of sp³-hybridized carbons (Fsp3) is 0.269. The van der Waals surface area contributed by atoms with Gasteiger partial charge in [-0.05, 0) is 84.3 Å². The molecule has 3 aromatic carbocycles. The average Bonchev–Trinajstić information content (AvgIpc) is 2.81. The lowest BCUT2D eigenvalue weighted by molar-refractivity contribution is 0.0697. The molecule has 0 spiro atoms. The second-order valence-corrected chi connectivity index (χ2v) is 7.41. The van der Waals surface area contributed by atoms with Gasteiger partial charge in [0.25, 0.3) is 0 Å². The topological polar surface area (TPSA) is 65.0 Å². The second kappa shape index (κ2) is 10.5. The molecule has 3 rings (SSSR count). The lowest BCUT2D eigenvalue weighted by Gasteiger charge is -2.11. The molecule has 0 unspecified atom stereocenters. The van der Waals surface area contributed by atoms with Crippen LogP contribution in [-0.2, 0) is 25.7 Å². The number of methoxy groups -OCH3 is 3. The number of hydrogen-bond donors (Lipinski definition) is 1. The minimum atomic E-state index is -0.905. The molecule has 0 atom stereocenters. The van der Waals surface area contributed by atoms with Crippen LogP contribution in [0.4, 0.5) is 0 Å². The molecule has 0 bridgehead atoms. The minimum Gasteiger partial charge on any atom is -0.497 e. The predicted octanol–water partition coefficient (Wildman–Crippen LogP) is 4.98. The van der Waals surface area contributed by atoms with Gasteiger partial charge in [-0.15, -0.1) is 0 Å². The summed E-state index contributed by atoms with van der Waals surface area (Å²) in [7, 11) is 4.99. The Hall–Kier alpha value is -3.47. The van der Waals surface area contributed by atoms with Crippen molar-refractivity contribution in [3.63, 3.8) is 0 Å². The van der Waals surface area contributed by atoms with Gasteiger partial charge in [0.05, 0.1) is 26.9 Å². The van der Waals surface area contributed by atoms with Gasteiger partial charge in [-0.25, -0.2) is 4.79 Å². The van der Waals surface area contributed by atoms with E-state index in [-0.39, 0.29) is 0 Å². The third-order valence-corrected chi connectivity index (χ3v) is 5.28. The van der Waals surface area contributed by atoms with Gasteiger partial charge in [0, 0.05) is 6.07 Å². The molecule has 0 saturated heterocycles. The van der Waals surface area contributed by atoms with Crippen molar-refractivity contribution in [1.82, 2.24) is 0 Å². The summed E-state index contributed by atoms with van der Waals surface area (Å²) in [5.41, 5.74) is 4.97. The summed E-state index contributed by atoms with van der Waals surface area (Å²) in [6.07, 6.45) is 3.41. The van der Waals surface area contributed by atoms with E-state index >= 15 is 0 Å². The van der Waals surface area contributed by atoms with E-state index in [1.54, 1.807) is 33.5 Å². The van der Waals surface area contributed by atoms with Gasteiger partial charge in [-0.3, -0.25) is 0 Å². The zero-order valence-corrected chi connectivity index (χ0v) is 18.2. The van der Waals surface area contributed by atoms with Crippen molar-refractivity contribution in [2.24, 2.45) is 0 Å². The highest BCUT2D eigenvalue weighted by Crippen LogP contribution is 2.25. The maximum Gasteiger partial charge on any atom is 0.335 e. The Kier molecular flexibility index (Phi) is 7.55. The highest BCUT2D eigenvalue weighted by Gasteiger charge is 2.07. The van der Waals surface area contributed by atoms with Crippen molar-refractivity contribution >= 4 is 5.97 Å². The summed E-state index contributed by atoms with van der Waals surface area (Å²) in [6, 6.07) is 19.3. The first-order chi connectivity index (χ1) is 15.0. The molecule has 5 nitrogen and oxygen atoms in total. The zero-order chi connectivity index (χ0) is 22.2. The van der Waals surface area contributed by atoms with Gasteiger partial charge in [0.1, 0.15) is 17.2 Å². The maximum absolute atomic E-state index is 11.0. The molecule has 0 aliphatic rings. The third-order valence-electron chi connectivity index (χ3n) is 5.28. The van der Waals surface area contributed by atoms with Crippen LogP contribution in [-0.4, -0.2) is 32.4 Å². The highest BCUT2D eigenvalue weighted by atomic mass is 16.5. The molecule has 0 heterocycles. The van der Waals surface area contributed by atoms with Gasteiger partial charge in [0.2, 0.25) is 0 Å². The molecule has 0 amide bonds. The van der Waals surface area contributed by atoms with Crippen LogP contribution < -0.4 is 14.2 Å². The van der Waals surface area contributed by atoms with Crippen molar-refractivity contribution in [3.05, 3.63) is 88.5 Å². The molecular weight excluding hydrogens is 392 g/mol. The van der Waals surface area contributed by atoms with E-state index < -0.39 is 5.97 Å².